The van der Waals surface area contributed by atoms with Crippen molar-refractivity contribution < 1.29 is 14.3 Å². The molecule has 0 spiro atoms. The molecule has 0 unspecified atom stereocenters. The standard InChI is InChI=1S/C23H25IN2O3/c1-16-13-17(28-2)14-20(24)22(16)23(27)19-15-26(21-6-4-3-5-18(19)21)8-7-25-9-11-29-12-10-25/h3-6,13-15H,7-12H2,1-2H3. The van der Waals surface area contributed by atoms with Crippen molar-refractivity contribution >= 4 is 39.3 Å². The van der Waals surface area contributed by atoms with E-state index in [-0.39, 0.29) is 5.78 Å². The number of ether oxygens (including phenoxy) is 2. The summed E-state index contributed by atoms with van der Waals surface area (Å²) in [6.07, 6.45) is 2.02. The molecule has 4 rings (SSSR count). The van der Waals surface area contributed by atoms with Gasteiger partial charge in [0.25, 0.3) is 0 Å². The summed E-state index contributed by atoms with van der Waals surface area (Å²) in [7, 11) is 1.65. The predicted octanol–water partition coefficient (Wildman–Crippen LogP) is 4.13. The van der Waals surface area contributed by atoms with Crippen LogP contribution in [0.4, 0.5) is 0 Å². The van der Waals surface area contributed by atoms with E-state index in [1.165, 1.54) is 0 Å². The van der Waals surface area contributed by atoms with Gasteiger partial charge in [-0.1, -0.05) is 18.2 Å². The zero-order valence-corrected chi connectivity index (χ0v) is 18.9. The topological polar surface area (TPSA) is 43.7 Å². The normalized spacial score (nSPS) is 15.0. The molecule has 152 valence electrons. The Kier molecular flexibility index (Phi) is 6.22. The van der Waals surface area contributed by atoms with Crippen LogP contribution in [0.1, 0.15) is 21.5 Å². The van der Waals surface area contributed by atoms with Gasteiger partial charge in [0.1, 0.15) is 5.75 Å². The van der Waals surface area contributed by atoms with Gasteiger partial charge in [-0.05, 0) is 53.3 Å². The summed E-state index contributed by atoms with van der Waals surface area (Å²) in [4.78, 5) is 15.9. The van der Waals surface area contributed by atoms with Gasteiger partial charge in [-0.2, -0.15) is 0 Å². The number of methoxy groups -OCH3 is 1. The van der Waals surface area contributed by atoms with Crippen LogP contribution in [0.25, 0.3) is 10.9 Å². The first kappa shape index (κ1) is 20.4. The molecule has 0 saturated carbocycles. The van der Waals surface area contributed by atoms with Crippen molar-refractivity contribution in [3.05, 3.63) is 62.9 Å². The second-order valence-electron chi connectivity index (χ2n) is 7.34. The van der Waals surface area contributed by atoms with Crippen LogP contribution in [0.15, 0.2) is 42.6 Å². The molecule has 0 radical (unpaired) electrons. The number of para-hydroxylation sites is 1. The van der Waals surface area contributed by atoms with Crippen molar-refractivity contribution in [3.8, 4) is 5.75 Å². The summed E-state index contributed by atoms with van der Waals surface area (Å²) in [5.74, 6) is 0.840. The van der Waals surface area contributed by atoms with Crippen LogP contribution < -0.4 is 4.74 Å². The molecule has 2 aromatic carbocycles. The molecule has 6 heteroatoms. The lowest BCUT2D eigenvalue weighted by molar-refractivity contribution is 0.0365. The maximum absolute atomic E-state index is 13.5. The maximum atomic E-state index is 13.5. The first-order valence-corrected chi connectivity index (χ1v) is 10.9. The highest BCUT2D eigenvalue weighted by Crippen LogP contribution is 2.29. The van der Waals surface area contributed by atoms with E-state index >= 15 is 0 Å². The summed E-state index contributed by atoms with van der Waals surface area (Å²) in [6.45, 7) is 7.30. The monoisotopic (exact) mass is 504 g/mol. The number of carbonyl (C=O) groups is 1. The van der Waals surface area contributed by atoms with Gasteiger partial charge in [-0.3, -0.25) is 9.69 Å². The molecule has 1 fully saturated rings. The van der Waals surface area contributed by atoms with E-state index in [0.717, 1.165) is 76.3 Å². The van der Waals surface area contributed by atoms with E-state index in [4.69, 9.17) is 9.47 Å². The molecular weight excluding hydrogens is 479 g/mol. The van der Waals surface area contributed by atoms with E-state index in [1.54, 1.807) is 7.11 Å². The number of halogens is 1. The number of morpholine rings is 1. The second kappa shape index (κ2) is 8.85. The summed E-state index contributed by atoms with van der Waals surface area (Å²) in [5.41, 5.74) is 3.55. The lowest BCUT2D eigenvalue weighted by Gasteiger charge is -2.26. The number of aromatic nitrogens is 1. The molecule has 0 amide bonds. The minimum absolute atomic E-state index is 0.0656. The molecule has 29 heavy (non-hydrogen) atoms. The SMILES string of the molecule is COc1cc(C)c(C(=O)c2cn(CCN3CCOCC3)c3ccccc23)c(I)c1. The van der Waals surface area contributed by atoms with Crippen molar-refractivity contribution in [2.75, 3.05) is 40.0 Å². The molecule has 2 heterocycles. The van der Waals surface area contributed by atoms with Gasteiger partial charge in [-0.15, -0.1) is 0 Å². The first-order valence-electron chi connectivity index (χ1n) is 9.85. The molecule has 1 saturated heterocycles. The molecule has 5 nitrogen and oxygen atoms in total. The average Bonchev–Trinajstić information content (AvgIpc) is 3.11. The van der Waals surface area contributed by atoms with Crippen molar-refractivity contribution in [1.29, 1.82) is 0 Å². The Morgan fingerprint density at radius 3 is 2.66 bits per heavy atom. The third-order valence-corrected chi connectivity index (χ3v) is 6.37. The van der Waals surface area contributed by atoms with Gasteiger partial charge in [0, 0.05) is 58.0 Å². The van der Waals surface area contributed by atoms with Crippen LogP contribution in [0, 0.1) is 10.5 Å². The Morgan fingerprint density at radius 1 is 1.17 bits per heavy atom. The van der Waals surface area contributed by atoms with Gasteiger partial charge in [0.15, 0.2) is 5.78 Å². The van der Waals surface area contributed by atoms with E-state index < -0.39 is 0 Å². The third-order valence-electron chi connectivity index (χ3n) is 5.52. The number of hydrogen-bond acceptors (Lipinski definition) is 4. The largest absolute Gasteiger partial charge is 0.497 e. The lowest BCUT2D eigenvalue weighted by atomic mass is 9.98. The van der Waals surface area contributed by atoms with Gasteiger partial charge >= 0.3 is 0 Å². The molecule has 1 aromatic heterocycles. The molecule has 0 atom stereocenters. The van der Waals surface area contributed by atoms with Crippen molar-refractivity contribution in [1.82, 2.24) is 9.47 Å². The van der Waals surface area contributed by atoms with Crippen LogP contribution in [-0.2, 0) is 11.3 Å². The first-order chi connectivity index (χ1) is 14.1. The average molecular weight is 504 g/mol. The summed E-state index contributed by atoms with van der Waals surface area (Å²) >= 11 is 2.23. The van der Waals surface area contributed by atoms with Gasteiger partial charge in [0.05, 0.1) is 20.3 Å². The Balaban J connectivity index is 1.68. The Bertz CT molecular complexity index is 1010. The highest BCUT2D eigenvalue weighted by atomic mass is 127. The summed E-state index contributed by atoms with van der Waals surface area (Å²) < 4.78 is 13.9. The maximum Gasteiger partial charge on any atom is 0.196 e. The van der Waals surface area contributed by atoms with Crippen LogP contribution in [0.5, 0.6) is 5.75 Å². The highest BCUT2D eigenvalue weighted by Gasteiger charge is 2.21. The Hall–Kier alpha value is -1.90. The number of rotatable bonds is 6. The van der Waals surface area contributed by atoms with Gasteiger partial charge in [0.2, 0.25) is 0 Å². The van der Waals surface area contributed by atoms with Crippen LogP contribution in [0.3, 0.4) is 0 Å². The van der Waals surface area contributed by atoms with E-state index in [9.17, 15) is 4.79 Å². The van der Waals surface area contributed by atoms with E-state index in [0.29, 0.717) is 0 Å². The Labute approximate surface area is 184 Å². The summed E-state index contributed by atoms with van der Waals surface area (Å²) in [5, 5.41) is 1.01. The second-order valence-corrected chi connectivity index (χ2v) is 8.50. The van der Waals surface area contributed by atoms with Crippen LogP contribution in [0.2, 0.25) is 0 Å². The zero-order chi connectivity index (χ0) is 20.4. The van der Waals surface area contributed by atoms with Crippen molar-refractivity contribution in [2.45, 2.75) is 13.5 Å². The fraction of sp³-hybridized carbons (Fsp3) is 0.348. The molecule has 1 aliphatic heterocycles. The molecule has 1 aliphatic rings. The third kappa shape index (κ3) is 4.20. The lowest BCUT2D eigenvalue weighted by Crippen LogP contribution is -2.38. The number of aryl methyl sites for hydroxylation is 1. The van der Waals surface area contributed by atoms with Crippen LogP contribution >= 0.6 is 22.6 Å². The minimum Gasteiger partial charge on any atom is -0.497 e. The number of ketones is 1. The van der Waals surface area contributed by atoms with Crippen molar-refractivity contribution in [3.63, 3.8) is 0 Å². The minimum atomic E-state index is 0.0656. The number of carbonyl (C=O) groups excluding carboxylic acids is 1. The number of hydrogen-bond donors (Lipinski definition) is 0. The molecule has 0 aliphatic carbocycles. The van der Waals surface area contributed by atoms with E-state index in [2.05, 4.69) is 38.1 Å². The van der Waals surface area contributed by atoms with Crippen molar-refractivity contribution in [2.24, 2.45) is 0 Å². The number of benzene rings is 2. The highest BCUT2D eigenvalue weighted by molar-refractivity contribution is 14.1. The van der Waals surface area contributed by atoms with Gasteiger partial charge < -0.3 is 14.0 Å². The van der Waals surface area contributed by atoms with E-state index in [1.807, 2.05) is 43.5 Å². The fourth-order valence-corrected chi connectivity index (χ4v) is 4.92. The summed E-state index contributed by atoms with van der Waals surface area (Å²) in [6, 6.07) is 12.0. The number of nitrogens with zero attached hydrogens (tertiary/aromatic N) is 2. The smallest absolute Gasteiger partial charge is 0.196 e. The molecular formula is C23H25IN2O3. The quantitative estimate of drug-likeness (QED) is 0.374. The fourth-order valence-electron chi connectivity index (χ4n) is 3.94. The van der Waals surface area contributed by atoms with Gasteiger partial charge in [-0.25, -0.2) is 0 Å². The van der Waals surface area contributed by atoms with Crippen LogP contribution in [-0.4, -0.2) is 55.2 Å². The Morgan fingerprint density at radius 2 is 1.93 bits per heavy atom. The molecule has 0 bridgehead atoms. The predicted molar refractivity (Wildman–Crippen MR) is 123 cm³/mol. The zero-order valence-electron chi connectivity index (χ0n) is 16.8. The number of fused-ring (bicyclic) bond motifs is 1. The molecule has 0 N–H and O–H groups in total. The molecule has 3 aromatic rings.